The van der Waals surface area contributed by atoms with Crippen LogP contribution in [0.2, 0.25) is 0 Å². The molecular weight excluding hydrogens is 300 g/mol. The summed E-state index contributed by atoms with van der Waals surface area (Å²) < 4.78 is 1.61. The van der Waals surface area contributed by atoms with Crippen LogP contribution in [0, 0.1) is 6.92 Å². The maximum absolute atomic E-state index is 12.3. The Kier molecular flexibility index (Phi) is 4.75. The van der Waals surface area contributed by atoms with E-state index < -0.39 is 0 Å². The summed E-state index contributed by atoms with van der Waals surface area (Å²) in [6.07, 6.45) is 2.15. The molecule has 4 heteroatoms. The number of rotatable bonds is 5. The van der Waals surface area contributed by atoms with E-state index in [2.05, 4.69) is 5.32 Å². The van der Waals surface area contributed by atoms with Crippen molar-refractivity contribution in [3.63, 3.8) is 0 Å². The van der Waals surface area contributed by atoms with Crippen LogP contribution in [-0.4, -0.2) is 16.4 Å². The number of hydrogen-bond donors (Lipinski definition) is 1. The van der Waals surface area contributed by atoms with Gasteiger partial charge in [0, 0.05) is 31.0 Å². The van der Waals surface area contributed by atoms with Crippen LogP contribution in [0.15, 0.2) is 60.8 Å². The molecule has 1 N–H and O–H groups in total. The Balaban J connectivity index is 1.52. The molecule has 0 aliphatic rings. The lowest BCUT2D eigenvalue weighted by molar-refractivity contribution is -0.121. The lowest BCUT2D eigenvalue weighted by atomic mass is 10.1. The molecule has 3 rings (SSSR count). The number of para-hydroxylation sites is 1. The highest BCUT2D eigenvalue weighted by atomic mass is 16.2. The Morgan fingerprint density at radius 1 is 0.958 bits per heavy atom. The molecule has 0 radical (unpaired) electrons. The number of aromatic nitrogens is 1. The minimum Gasteiger partial charge on any atom is -0.352 e. The zero-order valence-corrected chi connectivity index (χ0v) is 13.7. The average molecular weight is 320 g/mol. The van der Waals surface area contributed by atoms with Gasteiger partial charge in [-0.25, -0.2) is 0 Å². The first-order valence-electron chi connectivity index (χ1n) is 8.05. The third-order valence-electron chi connectivity index (χ3n) is 4.04. The highest BCUT2D eigenvalue weighted by Gasteiger charge is 2.11. The second kappa shape index (κ2) is 7.13. The van der Waals surface area contributed by atoms with Crippen molar-refractivity contribution >= 4 is 22.7 Å². The van der Waals surface area contributed by atoms with Gasteiger partial charge in [-0.2, -0.15) is 0 Å². The predicted octanol–water partition coefficient (Wildman–Crippen LogP) is 3.69. The van der Waals surface area contributed by atoms with E-state index in [-0.39, 0.29) is 24.7 Å². The van der Waals surface area contributed by atoms with Gasteiger partial charge in [-0.15, -0.1) is 0 Å². The largest absolute Gasteiger partial charge is 0.352 e. The van der Waals surface area contributed by atoms with Crippen molar-refractivity contribution in [2.75, 3.05) is 0 Å². The van der Waals surface area contributed by atoms with Crippen molar-refractivity contribution in [3.05, 3.63) is 71.9 Å². The van der Waals surface area contributed by atoms with Gasteiger partial charge in [-0.05, 0) is 24.6 Å². The molecule has 2 aromatic carbocycles. The van der Waals surface area contributed by atoms with Gasteiger partial charge in [0.2, 0.25) is 11.8 Å². The minimum absolute atomic E-state index is 0.0679. The number of nitrogens with one attached hydrogen (secondary N) is 1. The average Bonchev–Trinajstić information content (AvgIpc) is 3.03. The fraction of sp³-hybridized carbons (Fsp3) is 0.200. The number of benzene rings is 2. The molecule has 0 saturated heterocycles. The van der Waals surface area contributed by atoms with Gasteiger partial charge in [0.15, 0.2) is 0 Å². The van der Waals surface area contributed by atoms with E-state index in [1.807, 2.05) is 61.5 Å². The van der Waals surface area contributed by atoms with Gasteiger partial charge in [-0.3, -0.25) is 14.2 Å². The minimum atomic E-state index is -0.111. The topological polar surface area (TPSA) is 51.1 Å². The lowest BCUT2D eigenvalue weighted by Crippen LogP contribution is -2.24. The molecule has 24 heavy (non-hydrogen) atoms. The van der Waals surface area contributed by atoms with Crippen LogP contribution in [0.25, 0.3) is 10.9 Å². The zero-order chi connectivity index (χ0) is 16.9. The summed E-state index contributed by atoms with van der Waals surface area (Å²) in [7, 11) is 0. The fourth-order valence-electron chi connectivity index (χ4n) is 2.64. The van der Waals surface area contributed by atoms with Crippen LogP contribution in [0.1, 0.15) is 28.8 Å². The maximum atomic E-state index is 12.3. The van der Waals surface area contributed by atoms with E-state index >= 15 is 0 Å². The molecule has 0 fully saturated rings. The van der Waals surface area contributed by atoms with Crippen LogP contribution in [-0.2, 0) is 11.3 Å². The molecule has 122 valence electrons. The molecule has 4 nitrogen and oxygen atoms in total. The summed E-state index contributed by atoms with van der Waals surface area (Å²) in [5.41, 5.74) is 3.12. The number of hydrogen-bond acceptors (Lipinski definition) is 2. The van der Waals surface area contributed by atoms with Crippen LogP contribution in [0.5, 0.6) is 0 Å². The molecular formula is C20H20N2O2. The van der Waals surface area contributed by atoms with Crippen molar-refractivity contribution in [2.24, 2.45) is 0 Å². The van der Waals surface area contributed by atoms with Crippen LogP contribution >= 0.6 is 0 Å². The third kappa shape index (κ3) is 3.71. The monoisotopic (exact) mass is 320 g/mol. The van der Waals surface area contributed by atoms with Crippen LogP contribution in [0.3, 0.4) is 0 Å². The van der Waals surface area contributed by atoms with E-state index in [9.17, 15) is 9.59 Å². The molecule has 0 bridgehead atoms. The van der Waals surface area contributed by atoms with Crippen molar-refractivity contribution in [2.45, 2.75) is 26.3 Å². The van der Waals surface area contributed by atoms with Gasteiger partial charge in [0.25, 0.3) is 0 Å². The van der Waals surface area contributed by atoms with E-state index in [0.717, 1.165) is 16.5 Å². The van der Waals surface area contributed by atoms with E-state index in [4.69, 9.17) is 0 Å². The number of nitrogens with zero attached hydrogens (tertiary/aromatic N) is 1. The van der Waals surface area contributed by atoms with Crippen LogP contribution in [0.4, 0.5) is 0 Å². The summed E-state index contributed by atoms with van der Waals surface area (Å²) in [5, 5.41) is 3.88. The lowest BCUT2D eigenvalue weighted by Gasteiger charge is -2.07. The zero-order valence-electron chi connectivity index (χ0n) is 13.7. The Labute approximate surface area is 141 Å². The summed E-state index contributed by atoms with van der Waals surface area (Å²) in [6, 6.07) is 17.6. The first-order chi connectivity index (χ1) is 11.6. The van der Waals surface area contributed by atoms with Crippen molar-refractivity contribution in [1.29, 1.82) is 0 Å². The Hall–Kier alpha value is -2.88. The summed E-state index contributed by atoms with van der Waals surface area (Å²) in [5.74, 6) is -0.179. The Bertz CT molecular complexity index is 863. The molecule has 0 spiro atoms. The smallest absolute Gasteiger partial charge is 0.231 e. The second-order valence-electron chi connectivity index (χ2n) is 5.90. The van der Waals surface area contributed by atoms with Gasteiger partial charge in [-0.1, -0.05) is 48.0 Å². The van der Waals surface area contributed by atoms with E-state index in [1.54, 1.807) is 10.8 Å². The molecule has 1 heterocycles. The molecule has 1 amide bonds. The maximum Gasteiger partial charge on any atom is 0.231 e. The number of aryl methyl sites for hydroxylation is 1. The number of fused-ring (bicyclic) bond motifs is 1. The first kappa shape index (κ1) is 16.0. The van der Waals surface area contributed by atoms with Crippen molar-refractivity contribution in [3.8, 4) is 0 Å². The van der Waals surface area contributed by atoms with E-state index in [0.29, 0.717) is 6.54 Å². The highest BCUT2D eigenvalue weighted by Crippen LogP contribution is 2.15. The fourth-order valence-corrected chi connectivity index (χ4v) is 2.64. The number of carbonyl (C=O) groups is 2. The van der Waals surface area contributed by atoms with Gasteiger partial charge < -0.3 is 5.32 Å². The normalized spacial score (nSPS) is 10.7. The molecule has 3 aromatic rings. The summed E-state index contributed by atoms with van der Waals surface area (Å²) >= 11 is 0. The van der Waals surface area contributed by atoms with Gasteiger partial charge >= 0.3 is 0 Å². The molecule has 0 atom stereocenters. The van der Waals surface area contributed by atoms with Gasteiger partial charge in [0.1, 0.15) is 0 Å². The molecule has 0 unspecified atom stereocenters. The Morgan fingerprint density at radius 2 is 1.71 bits per heavy atom. The van der Waals surface area contributed by atoms with Gasteiger partial charge in [0.05, 0.1) is 5.52 Å². The highest BCUT2D eigenvalue weighted by molar-refractivity contribution is 5.93. The molecule has 0 aliphatic heterocycles. The Morgan fingerprint density at radius 3 is 2.50 bits per heavy atom. The SMILES string of the molecule is Cc1ccc(CNC(=O)CCC(=O)n2ccc3ccccc32)cc1. The summed E-state index contributed by atoms with van der Waals surface area (Å²) in [6.45, 7) is 2.51. The molecule has 0 aliphatic carbocycles. The molecule has 1 aromatic heterocycles. The van der Waals surface area contributed by atoms with Crippen LogP contribution < -0.4 is 5.32 Å². The number of carbonyl (C=O) groups excluding carboxylic acids is 2. The van der Waals surface area contributed by atoms with Crippen molar-refractivity contribution in [1.82, 2.24) is 9.88 Å². The van der Waals surface area contributed by atoms with E-state index in [1.165, 1.54) is 5.56 Å². The molecule has 0 saturated carbocycles. The summed E-state index contributed by atoms with van der Waals surface area (Å²) in [4.78, 5) is 24.3. The third-order valence-corrected chi connectivity index (χ3v) is 4.04. The number of amides is 1. The quantitative estimate of drug-likeness (QED) is 0.779. The second-order valence-corrected chi connectivity index (χ2v) is 5.90. The standard InChI is InChI=1S/C20H20N2O2/c1-15-6-8-16(9-7-15)14-21-19(23)10-11-20(24)22-13-12-17-4-2-3-5-18(17)22/h2-9,12-13H,10-11,14H2,1H3,(H,21,23). The van der Waals surface area contributed by atoms with Crippen molar-refractivity contribution < 1.29 is 9.59 Å². The predicted molar refractivity (Wildman–Crippen MR) is 94.8 cm³/mol. The first-order valence-corrected chi connectivity index (χ1v) is 8.05.